The molecular formula is C11H10ClN5OS. The van der Waals surface area contributed by atoms with Gasteiger partial charge in [-0.3, -0.25) is 9.80 Å². The average molecular weight is 296 g/mol. The van der Waals surface area contributed by atoms with Gasteiger partial charge in [0.1, 0.15) is 0 Å². The van der Waals surface area contributed by atoms with Crippen molar-refractivity contribution < 1.29 is 4.79 Å². The van der Waals surface area contributed by atoms with Gasteiger partial charge in [-0.05, 0) is 17.7 Å². The van der Waals surface area contributed by atoms with Crippen molar-refractivity contribution in [2.24, 2.45) is 10.8 Å². The molecule has 0 spiro atoms. The van der Waals surface area contributed by atoms with E-state index in [0.717, 1.165) is 17.1 Å². The van der Waals surface area contributed by atoms with Crippen molar-refractivity contribution in [1.29, 1.82) is 0 Å². The number of nitrogens with zero attached hydrogens (tertiary/aromatic N) is 4. The van der Waals surface area contributed by atoms with Crippen molar-refractivity contribution in [1.82, 2.24) is 9.59 Å². The fourth-order valence-electron chi connectivity index (χ4n) is 1.31. The summed E-state index contributed by atoms with van der Waals surface area (Å²) >= 11 is 6.84. The van der Waals surface area contributed by atoms with Gasteiger partial charge in [0.2, 0.25) is 0 Å². The number of benzene rings is 1. The molecule has 0 atom stereocenters. The fraction of sp³-hybridized carbons (Fsp3) is 0.0909. The van der Waals surface area contributed by atoms with Gasteiger partial charge in [-0.2, -0.15) is 5.10 Å². The summed E-state index contributed by atoms with van der Waals surface area (Å²) < 4.78 is 3.69. The summed E-state index contributed by atoms with van der Waals surface area (Å²) in [6, 6.07) is 7.21. The average Bonchev–Trinajstić information content (AvgIpc) is 2.87. The van der Waals surface area contributed by atoms with E-state index in [1.807, 2.05) is 12.1 Å². The van der Waals surface area contributed by atoms with Gasteiger partial charge >= 0.3 is 0 Å². The Balaban J connectivity index is 2.16. The molecule has 1 aromatic carbocycles. The summed E-state index contributed by atoms with van der Waals surface area (Å²) in [7, 11) is 1.69. The van der Waals surface area contributed by atoms with Gasteiger partial charge in [0.15, 0.2) is 10.7 Å². The molecule has 1 heterocycles. The first kappa shape index (κ1) is 13.4. The zero-order valence-corrected chi connectivity index (χ0v) is 11.5. The molecule has 98 valence electrons. The second-order valence-corrected chi connectivity index (χ2v) is 4.78. The van der Waals surface area contributed by atoms with Crippen LogP contribution < -0.4 is 10.7 Å². The lowest BCUT2D eigenvalue weighted by Crippen LogP contribution is -2.17. The van der Waals surface area contributed by atoms with Crippen LogP contribution in [-0.2, 0) is 0 Å². The Bertz CT molecular complexity index is 610. The lowest BCUT2D eigenvalue weighted by atomic mass is 10.2. The monoisotopic (exact) mass is 295 g/mol. The van der Waals surface area contributed by atoms with Crippen LogP contribution in [0.3, 0.4) is 0 Å². The van der Waals surface area contributed by atoms with Crippen LogP contribution in [0.5, 0.6) is 0 Å². The second kappa shape index (κ2) is 5.77. The summed E-state index contributed by atoms with van der Waals surface area (Å²) in [6.07, 6.45) is 1.64. The molecule has 8 heteroatoms. The van der Waals surface area contributed by atoms with Crippen LogP contribution >= 0.6 is 23.1 Å². The molecule has 19 heavy (non-hydrogen) atoms. The SMILES string of the molecule is CN(N=Cc1ccc(Cl)cc1)c1snnc1C(N)=O. The van der Waals surface area contributed by atoms with Crippen LogP contribution in [0, 0.1) is 0 Å². The van der Waals surface area contributed by atoms with E-state index in [-0.39, 0.29) is 5.69 Å². The molecule has 0 saturated carbocycles. The normalized spacial score (nSPS) is 10.8. The molecule has 0 aliphatic rings. The first-order valence-electron chi connectivity index (χ1n) is 5.23. The third kappa shape index (κ3) is 3.27. The van der Waals surface area contributed by atoms with E-state index in [0.29, 0.717) is 10.0 Å². The number of carbonyl (C=O) groups excluding carboxylic acids is 1. The zero-order chi connectivity index (χ0) is 13.8. The van der Waals surface area contributed by atoms with Crippen LogP contribution in [0.2, 0.25) is 5.02 Å². The lowest BCUT2D eigenvalue weighted by Gasteiger charge is -2.09. The Morgan fingerprint density at radius 1 is 1.47 bits per heavy atom. The van der Waals surface area contributed by atoms with E-state index in [2.05, 4.69) is 14.7 Å². The Morgan fingerprint density at radius 2 is 2.16 bits per heavy atom. The highest BCUT2D eigenvalue weighted by atomic mass is 35.5. The van der Waals surface area contributed by atoms with Gasteiger partial charge in [-0.1, -0.05) is 28.2 Å². The topological polar surface area (TPSA) is 84.5 Å². The summed E-state index contributed by atoms with van der Waals surface area (Å²) in [5.74, 6) is -0.628. The van der Waals surface area contributed by atoms with Gasteiger partial charge in [-0.25, -0.2) is 0 Å². The van der Waals surface area contributed by atoms with E-state index in [9.17, 15) is 4.79 Å². The highest BCUT2D eigenvalue weighted by Crippen LogP contribution is 2.21. The van der Waals surface area contributed by atoms with Crippen molar-refractivity contribution in [2.75, 3.05) is 12.1 Å². The van der Waals surface area contributed by atoms with E-state index >= 15 is 0 Å². The van der Waals surface area contributed by atoms with Crippen molar-refractivity contribution in [3.63, 3.8) is 0 Å². The standard InChI is InChI=1S/C11H10ClN5OS/c1-17(11-9(10(13)18)15-16-19-11)14-6-7-2-4-8(12)5-3-7/h2-6H,1H3,(H2,13,18). The van der Waals surface area contributed by atoms with Gasteiger partial charge in [0, 0.05) is 23.6 Å². The molecule has 2 N–H and O–H groups in total. The lowest BCUT2D eigenvalue weighted by molar-refractivity contribution is 0.0996. The summed E-state index contributed by atoms with van der Waals surface area (Å²) in [5, 5.41) is 10.5. The van der Waals surface area contributed by atoms with Crippen LogP contribution in [0.25, 0.3) is 0 Å². The quantitative estimate of drug-likeness (QED) is 0.688. The highest BCUT2D eigenvalue weighted by molar-refractivity contribution is 7.10. The summed E-state index contributed by atoms with van der Waals surface area (Å²) in [5.41, 5.74) is 6.19. The van der Waals surface area contributed by atoms with Gasteiger partial charge in [0.05, 0.1) is 6.21 Å². The number of rotatable bonds is 4. The minimum Gasteiger partial charge on any atom is -0.364 e. The second-order valence-electron chi connectivity index (χ2n) is 3.61. The Labute approximate surface area is 118 Å². The van der Waals surface area contributed by atoms with Gasteiger partial charge in [-0.15, -0.1) is 5.10 Å². The van der Waals surface area contributed by atoms with E-state index in [1.165, 1.54) is 5.01 Å². The van der Waals surface area contributed by atoms with Crippen molar-refractivity contribution in [3.8, 4) is 0 Å². The van der Waals surface area contributed by atoms with Gasteiger partial charge in [0.25, 0.3) is 5.91 Å². The number of nitrogens with two attached hydrogens (primary N) is 1. The third-order valence-electron chi connectivity index (χ3n) is 2.25. The van der Waals surface area contributed by atoms with Crippen LogP contribution in [0.15, 0.2) is 29.4 Å². The van der Waals surface area contributed by atoms with Crippen LogP contribution in [0.4, 0.5) is 5.00 Å². The maximum absolute atomic E-state index is 11.1. The Kier molecular flexibility index (Phi) is 4.08. The van der Waals surface area contributed by atoms with Gasteiger partial charge < -0.3 is 5.73 Å². The molecule has 0 unspecified atom stereocenters. The van der Waals surface area contributed by atoms with Crippen molar-refractivity contribution in [3.05, 3.63) is 40.5 Å². The van der Waals surface area contributed by atoms with Crippen LogP contribution in [-0.4, -0.2) is 28.8 Å². The maximum atomic E-state index is 11.1. The molecular weight excluding hydrogens is 286 g/mol. The zero-order valence-electron chi connectivity index (χ0n) is 9.95. The van der Waals surface area contributed by atoms with E-state index < -0.39 is 5.91 Å². The Morgan fingerprint density at radius 3 is 2.79 bits per heavy atom. The van der Waals surface area contributed by atoms with E-state index in [1.54, 1.807) is 25.4 Å². The first-order chi connectivity index (χ1) is 9.08. The van der Waals surface area contributed by atoms with Crippen LogP contribution in [0.1, 0.15) is 16.1 Å². The first-order valence-corrected chi connectivity index (χ1v) is 6.38. The summed E-state index contributed by atoms with van der Waals surface area (Å²) in [6.45, 7) is 0. The number of hydrazone groups is 1. The molecule has 2 rings (SSSR count). The third-order valence-corrected chi connectivity index (χ3v) is 3.29. The number of hydrogen-bond acceptors (Lipinski definition) is 6. The Hall–Kier alpha value is -1.99. The van der Waals surface area contributed by atoms with Crippen molar-refractivity contribution in [2.45, 2.75) is 0 Å². The minimum absolute atomic E-state index is 0.112. The number of aromatic nitrogens is 2. The molecule has 0 fully saturated rings. The molecule has 0 radical (unpaired) electrons. The molecule has 0 bridgehead atoms. The summed E-state index contributed by atoms with van der Waals surface area (Å²) in [4.78, 5) is 11.1. The number of halogens is 1. The van der Waals surface area contributed by atoms with E-state index in [4.69, 9.17) is 17.3 Å². The fourth-order valence-corrected chi connectivity index (χ4v) is 2.03. The molecule has 0 aliphatic carbocycles. The number of carbonyl (C=O) groups is 1. The molecule has 0 saturated heterocycles. The number of amides is 1. The van der Waals surface area contributed by atoms with Crippen molar-refractivity contribution >= 4 is 40.3 Å². The number of hydrogen-bond donors (Lipinski definition) is 1. The maximum Gasteiger partial charge on any atom is 0.272 e. The largest absolute Gasteiger partial charge is 0.364 e. The molecule has 0 aliphatic heterocycles. The predicted molar refractivity (Wildman–Crippen MR) is 75.9 cm³/mol. The molecule has 1 amide bonds. The number of primary amides is 1. The molecule has 1 aromatic heterocycles. The number of anilines is 1. The molecule has 2 aromatic rings. The molecule has 6 nitrogen and oxygen atoms in total. The smallest absolute Gasteiger partial charge is 0.272 e. The highest BCUT2D eigenvalue weighted by Gasteiger charge is 2.16. The predicted octanol–water partition coefficient (Wildman–Crippen LogP) is 1.76. The minimum atomic E-state index is -0.628.